The first-order valence-corrected chi connectivity index (χ1v) is 9.92. The van der Waals surface area contributed by atoms with Crippen LogP contribution in [0, 0.1) is 5.82 Å². The maximum absolute atomic E-state index is 13.1. The molecule has 3 rings (SSSR count). The first kappa shape index (κ1) is 20.4. The number of carbonyl (C=O) groups excluding carboxylic acids is 1. The standard InChI is InChI=1S/C22H28FN3O2/c23-21-5-2-19(3-6-21)4-7-22(27)26(18-20-8-10-24-11-9-20)13-1-12-25-14-16-28-17-15-25/h2-3,5-6,8-11H,1,4,7,12-18H2. The molecular weight excluding hydrogens is 357 g/mol. The van der Waals surface area contributed by atoms with Gasteiger partial charge < -0.3 is 9.64 Å². The lowest BCUT2D eigenvalue weighted by Crippen LogP contribution is -2.39. The predicted octanol–water partition coefficient (Wildman–Crippen LogP) is 2.90. The van der Waals surface area contributed by atoms with Crippen LogP contribution in [0.5, 0.6) is 0 Å². The molecule has 1 amide bonds. The Bertz CT molecular complexity index is 718. The highest BCUT2D eigenvalue weighted by atomic mass is 19.1. The summed E-state index contributed by atoms with van der Waals surface area (Å²) in [5.41, 5.74) is 2.06. The highest BCUT2D eigenvalue weighted by Crippen LogP contribution is 2.11. The molecule has 5 nitrogen and oxygen atoms in total. The van der Waals surface area contributed by atoms with Gasteiger partial charge in [0.2, 0.25) is 5.91 Å². The molecule has 2 aromatic rings. The second kappa shape index (κ2) is 10.9. The van der Waals surface area contributed by atoms with Crippen molar-refractivity contribution < 1.29 is 13.9 Å². The van der Waals surface area contributed by atoms with Crippen molar-refractivity contribution in [3.8, 4) is 0 Å². The van der Waals surface area contributed by atoms with Crippen LogP contribution in [-0.2, 0) is 22.5 Å². The maximum Gasteiger partial charge on any atom is 0.223 e. The summed E-state index contributed by atoms with van der Waals surface area (Å²) >= 11 is 0. The molecule has 1 aliphatic rings. The third-order valence-corrected chi connectivity index (χ3v) is 5.02. The number of aromatic nitrogens is 1. The summed E-state index contributed by atoms with van der Waals surface area (Å²) in [5.74, 6) is -0.124. The quantitative estimate of drug-likeness (QED) is 0.666. The normalized spacial score (nSPS) is 14.8. The van der Waals surface area contributed by atoms with Crippen molar-refractivity contribution in [3.63, 3.8) is 0 Å². The molecule has 2 heterocycles. The van der Waals surface area contributed by atoms with Gasteiger partial charge in [0.1, 0.15) is 5.82 Å². The largest absolute Gasteiger partial charge is 0.379 e. The van der Waals surface area contributed by atoms with Crippen LogP contribution in [0.4, 0.5) is 4.39 Å². The van der Waals surface area contributed by atoms with Gasteiger partial charge in [0.25, 0.3) is 0 Å². The number of ether oxygens (including phenoxy) is 1. The first-order chi connectivity index (χ1) is 13.7. The SMILES string of the molecule is O=C(CCc1ccc(F)cc1)N(CCCN1CCOCC1)Cc1ccncc1. The summed E-state index contributed by atoms with van der Waals surface area (Å²) in [6.45, 7) is 5.79. The second-order valence-corrected chi connectivity index (χ2v) is 7.10. The second-order valence-electron chi connectivity index (χ2n) is 7.10. The summed E-state index contributed by atoms with van der Waals surface area (Å²) in [6.07, 6.45) is 5.49. The van der Waals surface area contributed by atoms with Crippen LogP contribution in [0.25, 0.3) is 0 Å². The van der Waals surface area contributed by atoms with Crippen LogP contribution in [-0.4, -0.2) is 60.1 Å². The van der Waals surface area contributed by atoms with Crippen LogP contribution in [0.1, 0.15) is 24.0 Å². The van der Waals surface area contributed by atoms with E-state index in [9.17, 15) is 9.18 Å². The van der Waals surface area contributed by atoms with Crippen molar-refractivity contribution in [2.75, 3.05) is 39.4 Å². The van der Waals surface area contributed by atoms with Gasteiger partial charge in [0, 0.05) is 51.5 Å². The lowest BCUT2D eigenvalue weighted by molar-refractivity contribution is -0.132. The van der Waals surface area contributed by atoms with E-state index in [1.54, 1.807) is 24.5 Å². The Hall–Kier alpha value is -2.31. The van der Waals surface area contributed by atoms with Crippen molar-refractivity contribution in [1.29, 1.82) is 0 Å². The van der Waals surface area contributed by atoms with Crippen LogP contribution in [0.2, 0.25) is 0 Å². The van der Waals surface area contributed by atoms with Gasteiger partial charge in [-0.2, -0.15) is 0 Å². The molecule has 0 N–H and O–H groups in total. The van der Waals surface area contributed by atoms with Crippen molar-refractivity contribution >= 4 is 5.91 Å². The Morgan fingerprint density at radius 1 is 1.07 bits per heavy atom. The molecule has 0 saturated carbocycles. The fourth-order valence-corrected chi connectivity index (χ4v) is 3.37. The summed E-state index contributed by atoms with van der Waals surface area (Å²) in [5, 5.41) is 0. The van der Waals surface area contributed by atoms with Gasteiger partial charge in [0.05, 0.1) is 13.2 Å². The Balaban J connectivity index is 1.54. The lowest BCUT2D eigenvalue weighted by atomic mass is 10.1. The van der Waals surface area contributed by atoms with Gasteiger partial charge in [-0.3, -0.25) is 14.7 Å². The van der Waals surface area contributed by atoms with Crippen molar-refractivity contribution in [2.24, 2.45) is 0 Å². The Labute approximate surface area is 166 Å². The summed E-state index contributed by atoms with van der Waals surface area (Å²) in [4.78, 5) is 21.2. The molecule has 0 radical (unpaired) electrons. The first-order valence-electron chi connectivity index (χ1n) is 9.92. The summed E-state index contributed by atoms with van der Waals surface area (Å²) in [7, 11) is 0. The van der Waals surface area contributed by atoms with E-state index in [0.29, 0.717) is 19.4 Å². The third-order valence-electron chi connectivity index (χ3n) is 5.02. The number of hydrogen-bond donors (Lipinski definition) is 0. The van der Waals surface area contributed by atoms with E-state index in [1.807, 2.05) is 17.0 Å². The molecule has 0 spiro atoms. The molecule has 1 aromatic heterocycles. The molecule has 0 aliphatic carbocycles. The van der Waals surface area contributed by atoms with Gasteiger partial charge >= 0.3 is 0 Å². The molecule has 6 heteroatoms. The minimum Gasteiger partial charge on any atom is -0.379 e. The van der Waals surface area contributed by atoms with Gasteiger partial charge in [-0.15, -0.1) is 0 Å². The fraction of sp³-hybridized carbons (Fsp3) is 0.455. The summed E-state index contributed by atoms with van der Waals surface area (Å²) in [6, 6.07) is 10.3. The molecular formula is C22H28FN3O2. The number of aryl methyl sites for hydroxylation is 1. The average Bonchev–Trinajstić information content (AvgIpc) is 2.74. The molecule has 1 aromatic carbocycles. The van der Waals surface area contributed by atoms with Crippen molar-refractivity contribution in [2.45, 2.75) is 25.8 Å². The number of carbonyl (C=O) groups is 1. The van der Waals surface area contributed by atoms with Crippen LogP contribution in [0.15, 0.2) is 48.8 Å². The van der Waals surface area contributed by atoms with Gasteiger partial charge in [-0.05, 0) is 48.2 Å². The Morgan fingerprint density at radius 3 is 2.50 bits per heavy atom. The van der Waals surface area contributed by atoms with Crippen molar-refractivity contribution in [1.82, 2.24) is 14.8 Å². The molecule has 1 fully saturated rings. The molecule has 28 heavy (non-hydrogen) atoms. The fourth-order valence-electron chi connectivity index (χ4n) is 3.37. The number of rotatable bonds is 9. The number of pyridine rings is 1. The molecule has 0 unspecified atom stereocenters. The topological polar surface area (TPSA) is 45.7 Å². The number of hydrogen-bond acceptors (Lipinski definition) is 4. The van der Waals surface area contributed by atoms with Gasteiger partial charge in [0.15, 0.2) is 0 Å². The highest BCUT2D eigenvalue weighted by molar-refractivity contribution is 5.76. The minimum absolute atomic E-state index is 0.128. The molecule has 0 bridgehead atoms. The van der Waals surface area contributed by atoms with E-state index < -0.39 is 0 Å². The van der Waals surface area contributed by atoms with E-state index in [2.05, 4.69) is 9.88 Å². The van der Waals surface area contributed by atoms with Crippen molar-refractivity contribution in [3.05, 3.63) is 65.7 Å². The van der Waals surface area contributed by atoms with E-state index in [0.717, 1.165) is 56.9 Å². The predicted molar refractivity (Wildman–Crippen MR) is 106 cm³/mol. The van der Waals surface area contributed by atoms with E-state index in [-0.39, 0.29) is 11.7 Å². The number of halogens is 1. The zero-order chi connectivity index (χ0) is 19.6. The smallest absolute Gasteiger partial charge is 0.223 e. The zero-order valence-electron chi connectivity index (χ0n) is 16.2. The van der Waals surface area contributed by atoms with Crippen LogP contribution in [0.3, 0.4) is 0 Å². The Morgan fingerprint density at radius 2 is 1.79 bits per heavy atom. The Kier molecular flexibility index (Phi) is 7.94. The average molecular weight is 385 g/mol. The minimum atomic E-state index is -0.252. The monoisotopic (exact) mass is 385 g/mol. The van der Waals surface area contributed by atoms with E-state index in [4.69, 9.17) is 4.74 Å². The maximum atomic E-state index is 13.1. The number of morpholine rings is 1. The summed E-state index contributed by atoms with van der Waals surface area (Å²) < 4.78 is 18.4. The number of nitrogens with zero attached hydrogens (tertiary/aromatic N) is 3. The molecule has 150 valence electrons. The van der Waals surface area contributed by atoms with Gasteiger partial charge in [-0.1, -0.05) is 12.1 Å². The third kappa shape index (κ3) is 6.69. The lowest BCUT2D eigenvalue weighted by Gasteiger charge is -2.28. The van der Waals surface area contributed by atoms with Gasteiger partial charge in [-0.25, -0.2) is 4.39 Å². The van der Waals surface area contributed by atoms with E-state index in [1.165, 1.54) is 12.1 Å². The van der Waals surface area contributed by atoms with Crippen LogP contribution >= 0.6 is 0 Å². The molecule has 1 aliphatic heterocycles. The molecule has 0 atom stereocenters. The van der Waals surface area contributed by atoms with Crippen LogP contribution < -0.4 is 0 Å². The number of benzene rings is 1. The number of amides is 1. The van der Waals surface area contributed by atoms with E-state index >= 15 is 0 Å². The highest BCUT2D eigenvalue weighted by Gasteiger charge is 2.16. The molecule has 1 saturated heterocycles. The zero-order valence-corrected chi connectivity index (χ0v) is 16.2.